The molecule has 0 rings (SSSR count). The second kappa shape index (κ2) is 45.3. The first-order valence-electron chi connectivity index (χ1n) is 24.3. The van der Waals surface area contributed by atoms with Crippen LogP contribution < -0.4 is 5.32 Å². The first-order chi connectivity index (χ1) is 27.0. The maximum absolute atomic E-state index is 12.4. The summed E-state index contributed by atoms with van der Waals surface area (Å²) in [4.78, 5) is 12.4. The molecule has 3 unspecified atom stereocenters. The van der Waals surface area contributed by atoms with Crippen molar-refractivity contribution in [2.45, 2.75) is 270 Å². The molecule has 0 spiro atoms. The van der Waals surface area contributed by atoms with Crippen LogP contribution in [0, 0.1) is 0 Å². The smallest absolute Gasteiger partial charge is 0.222 e. The summed E-state index contributed by atoms with van der Waals surface area (Å²) in [6, 6.07) is -0.765. The molecule has 0 radical (unpaired) electrons. The lowest BCUT2D eigenvalue weighted by Crippen LogP contribution is -2.45. The fraction of sp³-hybridized carbons (Fsp3) is 0.860. The van der Waals surface area contributed by atoms with Crippen molar-refractivity contribution < 1.29 is 20.1 Å². The van der Waals surface area contributed by atoms with Crippen molar-refractivity contribution in [2.24, 2.45) is 0 Å². The van der Waals surface area contributed by atoms with Gasteiger partial charge < -0.3 is 20.6 Å². The van der Waals surface area contributed by atoms with Gasteiger partial charge >= 0.3 is 0 Å². The van der Waals surface area contributed by atoms with Crippen molar-refractivity contribution in [1.29, 1.82) is 0 Å². The van der Waals surface area contributed by atoms with Crippen LogP contribution in [0.4, 0.5) is 0 Å². The maximum Gasteiger partial charge on any atom is 0.222 e. The van der Waals surface area contributed by atoms with Gasteiger partial charge in [0.2, 0.25) is 5.91 Å². The van der Waals surface area contributed by atoms with Gasteiger partial charge in [0.05, 0.1) is 31.3 Å². The van der Waals surface area contributed by atoms with Crippen molar-refractivity contribution in [3.05, 3.63) is 36.5 Å². The summed E-state index contributed by atoms with van der Waals surface area (Å²) >= 11 is 0. The highest BCUT2D eigenvalue weighted by atomic mass is 16.3. The molecule has 0 aliphatic carbocycles. The Kier molecular flexibility index (Phi) is 44.1. The average Bonchev–Trinajstić information content (AvgIpc) is 3.18. The second-order valence-electron chi connectivity index (χ2n) is 16.7. The van der Waals surface area contributed by atoms with Gasteiger partial charge in [-0.1, -0.05) is 224 Å². The van der Waals surface area contributed by atoms with E-state index >= 15 is 0 Å². The van der Waals surface area contributed by atoms with Gasteiger partial charge in [-0.25, -0.2) is 0 Å². The van der Waals surface area contributed by atoms with Crippen LogP contribution in [0.3, 0.4) is 0 Å². The summed E-state index contributed by atoms with van der Waals surface area (Å²) in [5.74, 6) is -0.332. The van der Waals surface area contributed by atoms with Gasteiger partial charge in [0, 0.05) is 0 Å². The normalized spacial score (nSPS) is 13.8. The first-order valence-corrected chi connectivity index (χ1v) is 24.3. The predicted octanol–water partition coefficient (Wildman–Crippen LogP) is 14.3. The molecule has 0 aromatic rings. The third-order valence-corrected chi connectivity index (χ3v) is 11.1. The van der Waals surface area contributed by atoms with Crippen LogP contribution in [0.2, 0.25) is 0 Å². The maximum atomic E-state index is 12.4. The summed E-state index contributed by atoms with van der Waals surface area (Å²) in [5.41, 5.74) is 0. The van der Waals surface area contributed by atoms with Crippen molar-refractivity contribution >= 4 is 5.91 Å². The zero-order chi connectivity index (χ0) is 40.1. The molecule has 0 aromatic carbocycles. The number of amides is 1. The molecular formula is C50H95NO4. The third-order valence-electron chi connectivity index (χ3n) is 11.1. The van der Waals surface area contributed by atoms with Crippen LogP contribution in [-0.4, -0.2) is 46.1 Å². The van der Waals surface area contributed by atoms with E-state index in [-0.39, 0.29) is 18.9 Å². The molecule has 0 fully saturated rings. The number of hydrogen-bond donors (Lipinski definition) is 4. The summed E-state index contributed by atoms with van der Waals surface area (Å²) in [7, 11) is 0. The topological polar surface area (TPSA) is 89.8 Å². The summed E-state index contributed by atoms with van der Waals surface area (Å²) < 4.78 is 0. The van der Waals surface area contributed by atoms with Crippen LogP contribution in [0.25, 0.3) is 0 Å². The molecular weight excluding hydrogens is 679 g/mol. The van der Waals surface area contributed by atoms with Crippen LogP contribution in [0.1, 0.15) is 251 Å². The molecule has 0 saturated carbocycles. The highest BCUT2D eigenvalue weighted by molar-refractivity contribution is 5.76. The van der Waals surface area contributed by atoms with E-state index in [1.807, 2.05) is 6.08 Å². The zero-order valence-corrected chi connectivity index (χ0v) is 36.8. The van der Waals surface area contributed by atoms with E-state index in [4.69, 9.17) is 0 Å². The molecule has 0 aliphatic heterocycles. The Labute approximate surface area is 343 Å². The molecule has 0 aromatic heterocycles. The van der Waals surface area contributed by atoms with E-state index in [2.05, 4.69) is 43.5 Å². The molecule has 55 heavy (non-hydrogen) atoms. The van der Waals surface area contributed by atoms with Crippen LogP contribution in [0.5, 0.6) is 0 Å². The van der Waals surface area contributed by atoms with Crippen LogP contribution >= 0.6 is 0 Å². The van der Waals surface area contributed by atoms with Crippen molar-refractivity contribution in [2.75, 3.05) is 6.61 Å². The predicted molar refractivity (Wildman–Crippen MR) is 241 cm³/mol. The number of carbonyl (C=O) groups is 1. The molecule has 0 aliphatic rings. The Morgan fingerprint density at radius 1 is 0.455 bits per heavy atom. The molecule has 3 atom stereocenters. The van der Waals surface area contributed by atoms with Gasteiger partial charge in [0.1, 0.15) is 0 Å². The minimum atomic E-state index is -0.955. The molecule has 0 bridgehead atoms. The molecule has 0 heterocycles. The monoisotopic (exact) mass is 774 g/mol. The van der Waals surface area contributed by atoms with Gasteiger partial charge in [-0.05, 0) is 57.8 Å². The highest BCUT2D eigenvalue weighted by Crippen LogP contribution is 2.16. The van der Waals surface area contributed by atoms with E-state index < -0.39 is 18.2 Å². The lowest BCUT2D eigenvalue weighted by molar-refractivity contribution is -0.124. The molecule has 5 nitrogen and oxygen atoms in total. The summed E-state index contributed by atoms with van der Waals surface area (Å²) in [6.07, 6.45) is 57.3. The highest BCUT2D eigenvalue weighted by Gasteiger charge is 2.20. The molecule has 1 amide bonds. The van der Waals surface area contributed by atoms with Gasteiger partial charge in [0.15, 0.2) is 0 Å². The van der Waals surface area contributed by atoms with Crippen LogP contribution in [0.15, 0.2) is 36.5 Å². The molecule has 324 valence electrons. The molecule has 4 N–H and O–H groups in total. The number of aliphatic hydroxyl groups excluding tert-OH is 3. The number of carbonyl (C=O) groups excluding carboxylic acids is 1. The van der Waals surface area contributed by atoms with Crippen LogP contribution in [-0.2, 0) is 4.79 Å². The van der Waals surface area contributed by atoms with E-state index in [1.165, 1.54) is 180 Å². The van der Waals surface area contributed by atoms with E-state index in [0.29, 0.717) is 6.42 Å². The Balaban J connectivity index is 3.67. The van der Waals surface area contributed by atoms with Gasteiger partial charge in [0.25, 0.3) is 0 Å². The van der Waals surface area contributed by atoms with E-state index in [0.717, 1.165) is 44.9 Å². The fourth-order valence-corrected chi connectivity index (χ4v) is 7.41. The summed E-state index contributed by atoms with van der Waals surface area (Å²) in [5, 5.41) is 33.3. The number of allylic oxidation sites excluding steroid dienone is 5. The number of hydrogen-bond acceptors (Lipinski definition) is 4. The number of aliphatic hydroxyl groups is 3. The largest absolute Gasteiger partial charge is 0.394 e. The van der Waals surface area contributed by atoms with Crippen molar-refractivity contribution in [3.8, 4) is 0 Å². The van der Waals surface area contributed by atoms with E-state index in [9.17, 15) is 20.1 Å². The van der Waals surface area contributed by atoms with Crippen molar-refractivity contribution in [1.82, 2.24) is 5.32 Å². The number of nitrogens with one attached hydrogen (secondary N) is 1. The van der Waals surface area contributed by atoms with Gasteiger partial charge in [-0.3, -0.25) is 4.79 Å². The van der Waals surface area contributed by atoms with Gasteiger partial charge in [-0.2, -0.15) is 0 Å². The van der Waals surface area contributed by atoms with E-state index in [1.54, 1.807) is 6.08 Å². The Morgan fingerprint density at radius 3 is 1.16 bits per heavy atom. The quantitative estimate of drug-likeness (QED) is 0.0367. The SMILES string of the molecule is CCCCCCCCCCC/C=C\CCCCCC(O)CC(=O)NC(CO)C(O)/C=C/CC/C=C/CCCCCCCCCCCCCCCCCCCC. The minimum Gasteiger partial charge on any atom is -0.394 e. The summed E-state index contributed by atoms with van der Waals surface area (Å²) in [6.45, 7) is 4.21. The average molecular weight is 774 g/mol. The first kappa shape index (κ1) is 53.6. The molecule has 0 saturated heterocycles. The Morgan fingerprint density at radius 2 is 0.782 bits per heavy atom. The lowest BCUT2D eigenvalue weighted by atomic mass is 10.0. The number of unbranched alkanes of at least 4 members (excludes halogenated alkanes) is 31. The number of rotatable bonds is 44. The lowest BCUT2D eigenvalue weighted by Gasteiger charge is -2.20. The van der Waals surface area contributed by atoms with Gasteiger partial charge in [-0.15, -0.1) is 0 Å². The Hall–Kier alpha value is -1.43. The van der Waals surface area contributed by atoms with Crippen molar-refractivity contribution in [3.63, 3.8) is 0 Å². The third kappa shape index (κ3) is 42.0. The Bertz CT molecular complexity index is 855. The second-order valence-corrected chi connectivity index (χ2v) is 16.7. The fourth-order valence-electron chi connectivity index (χ4n) is 7.41. The minimum absolute atomic E-state index is 0.00412. The molecule has 5 heteroatoms. The standard InChI is InChI=1S/C50H95NO4/c1-3-5-7-9-11-13-15-17-19-21-22-23-24-25-26-27-28-30-32-34-36-38-40-42-44-49(54)48(46-52)51-50(55)45-47(53)43-41-39-37-35-33-31-29-20-18-16-14-12-10-8-6-4-2/h31,33-34,36,42,44,47-49,52-54H,3-30,32,35,37-41,43,45-46H2,1-2H3,(H,51,55)/b33-31-,36-34+,44-42+. The zero-order valence-electron chi connectivity index (χ0n) is 36.8.